The average molecular weight is 371 g/mol. The first-order chi connectivity index (χ1) is 12.6. The van der Waals surface area contributed by atoms with Gasteiger partial charge in [-0.15, -0.1) is 11.3 Å². The molecule has 3 aromatic rings. The number of thiophene rings is 1. The maximum absolute atomic E-state index is 12.2. The zero-order valence-electron chi connectivity index (χ0n) is 14.8. The molecule has 0 saturated heterocycles. The molecule has 0 aliphatic heterocycles. The van der Waals surface area contributed by atoms with E-state index in [0.717, 1.165) is 5.56 Å². The van der Waals surface area contributed by atoms with Crippen LogP contribution >= 0.6 is 11.3 Å². The van der Waals surface area contributed by atoms with Crippen LogP contribution in [0.4, 0.5) is 0 Å². The molecular formula is C18H21N5O2S. The van der Waals surface area contributed by atoms with Crippen molar-refractivity contribution >= 4 is 17.2 Å². The van der Waals surface area contributed by atoms with Gasteiger partial charge in [-0.25, -0.2) is 0 Å². The Hall–Kier alpha value is -2.58. The summed E-state index contributed by atoms with van der Waals surface area (Å²) >= 11 is 1.69. The van der Waals surface area contributed by atoms with Gasteiger partial charge in [-0.3, -0.25) is 9.78 Å². The summed E-state index contributed by atoms with van der Waals surface area (Å²) in [7, 11) is 4.02. The van der Waals surface area contributed by atoms with E-state index in [4.69, 9.17) is 4.52 Å². The van der Waals surface area contributed by atoms with Crippen molar-refractivity contribution in [3.63, 3.8) is 0 Å². The molecule has 0 aromatic carbocycles. The van der Waals surface area contributed by atoms with E-state index in [1.54, 1.807) is 23.7 Å². The van der Waals surface area contributed by atoms with Crippen molar-refractivity contribution in [3.05, 3.63) is 52.8 Å². The number of hydrogen-bond donors (Lipinski definition) is 1. The molecule has 7 nitrogen and oxygen atoms in total. The van der Waals surface area contributed by atoms with Gasteiger partial charge in [0.1, 0.15) is 0 Å². The molecule has 1 amide bonds. The minimum Gasteiger partial charge on any atom is -0.354 e. The van der Waals surface area contributed by atoms with Gasteiger partial charge in [-0.05, 0) is 37.7 Å². The summed E-state index contributed by atoms with van der Waals surface area (Å²) < 4.78 is 5.22. The molecule has 3 aromatic heterocycles. The summed E-state index contributed by atoms with van der Waals surface area (Å²) in [6, 6.07) is 7.90. The summed E-state index contributed by atoms with van der Waals surface area (Å²) in [5.74, 6) is 0.930. The van der Waals surface area contributed by atoms with Crippen molar-refractivity contribution in [2.24, 2.45) is 0 Å². The van der Waals surface area contributed by atoms with E-state index in [1.165, 1.54) is 4.88 Å². The highest BCUT2D eigenvalue weighted by Gasteiger charge is 2.17. The van der Waals surface area contributed by atoms with Crippen molar-refractivity contribution in [2.45, 2.75) is 18.9 Å². The Labute approximate surface area is 156 Å². The Morgan fingerprint density at radius 3 is 2.81 bits per heavy atom. The Morgan fingerprint density at radius 1 is 1.31 bits per heavy atom. The highest BCUT2D eigenvalue weighted by Crippen LogP contribution is 2.22. The number of carbonyl (C=O) groups excluding carboxylic acids is 1. The molecule has 3 rings (SSSR count). The second-order valence-electron chi connectivity index (χ2n) is 6.05. The molecule has 0 aliphatic carbocycles. The first-order valence-corrected chi connectivity index (χ1v) is 9.21. The first-order valence-electron chi connectivity index (χ1n) is 8.33. The Balaban J connectivity index is 1.49. The number of aromatic nitrogens is 3. The second-order valence-corrected chi connectivity index (χ2v) is 7.03. The zero-order chi connectivity index (χ0) is 18.4. The topological polar surface area (TPSA) is 84.2 Å². The summed E-state index contributed by atoms with van der Waals surface area (Å²) in [4.78, 5) is 23.8. The van der Waals surface area contributed by atoms with Crippen LogP contribution in [0.2, 0.25) is 0 Å². The molecule has 0 radical (unpaired) electrons. The lowest BCUT2D eigenvalue weighted by molar-refractivity contribution is -0.121. The molecule has 0 aliphatic rings. The summed E-state index contributed by atoms with van der Waals surface area (Å²) in [6.45, 7) is 0.568. The van der Waals surface area contributed by atoms with E-state index in [9.17, 15) is 4.79 Å². The lowest BCUT2D eigenvalue weighted by Gasteiger charge is -2.23. The third kappa shape index (κ3) is 4.74. The van der Waals surface area contributed by atoms with Gasteiger partial charge in [0.25, 0.3) is 0 Å². The quantitative estimate of drug-likeness (QED) is 0.655. The molecular weight excluding hydrogens is 350 g/mol. The number of aryl methyl sites for hydroxylation is 1. The lowest BCUT2D eigenvalue weighted by atomic mass is 10.2. The van der Waals surface area contributed by atoms with Crippen LogP contribution in [0.5, 0.6) is 0 Å². The fourth-order valence-electron chi connectivity index (χ4n) is 2.51. The SMILES string of the molecule is CN(C)C(CNC(=O)CCc1nc(-c2ccncc2)no1)c1cccs1. The van der Waals surface area contributed by atoms with E-state index in [2.05, 4.69) is 31.4 Å². The third-order valence-electron chi connectivity index (χ3n) is 3.96. The highest BCUT2D eigenvalue weighted by atomic mass is 32.1. The second kappa shape index (κ2) is 8.68. The van der Waals surface area contributed by atoms with Crippen LogP contribution in [-0.2, 0) is 11.2 Å². The van der Waals surface area contributed by atoms with Crippen molar-refractivity contribution in [1.29, 1.82) is 0 Å². The molecule has 0 spiro atoms. The van der Waals surface area contributed by atoms with Gasteiger partial charge in [0.2, 0.25) is 17.6 Å². The number of carbonyl (C=O) groups is 1. The molecule has 0 saturated carbocycles. The molecule has 0 fully saturated rings. The van der Waals surface area contributed by atoms with Gasteiger partial charge in [0.15, 0.2) is 0 Å². The number of nitrogens with zero attached hydrogens (tertiary/aromatic N) is 4. The van der Waals surface area contributed by atoms with Crippen LogP contribution < -0.4 is 5.32 Å². The summed E-state index contributed by atoms with van der Waals surface area (Å²) in [6.07, 6.45) is 4.07. The van der Waals surface area contributed by atoms with Gasteiger partial charge < -0.3 is 14.7 Å². The van der Waals surface area contributed by atoms with Crippen LogP contribution in [-0.4, -0.2) is 46.6 Å². The maximum atomic E-state index is 12.2. The normalized spacial score (nSPS) is 12.3. The van der Waals surface area contributed by atoms with Crippen molar-refractivity contribution in [3.8, 4) is 11.4 Å². The minimum atomic E-state index is -0.0305. The van der Waals surface area contributed by atoms with Crippen LogP contribution in [0.25, 0.3) is 11.4 Å². The van der Waals surface area contributed by atoms with Crippen molar-refractivity contribution < 1.29 is 9.32 Å². The predicted molar refractivity (Wildman–Crippen MR) is 99.6 cm³/mol. The summed E-state index contributed by atoms with van der Waals surface area (Å²) in [5.41, 5.74) is 0.837. The standard InChI is InChI=1S/C18H21N5O2S/c1-23(2)14(15-4-3-11-26-15)12-20-16(24)5-6-17-21-18(22-25-17)13-7-9-19-10-8-13/h3-4,7-11,14H,5-6,12H2,1-2H3,(H,20,24). The molecule has 0 bridgehead atoms. The molecule has 1 N–H and O–H groups in total. The Morgan fingerprint density at radius 2 is 2.12 bits per heavy atom. The zero-order valence-corrected chi connectivity index (χ0v) is 15.6. The minimum absolute atomic E-state index is 0.0305. The number of hydrogen-bond acceptors (Lipinski definition) is 7. The van der Waals surface area contributed by atoms with Crippen LogP contribution in [0.3, 0.4) is 0 Å². The van der Waals surface area contributed by atoms with Crippen LogP contribution in [0.15, 0.2) is 46.6 Å². The van der Waals surface area contributed by atoms with Gasteiger partial charge >= 0.3 is 0 Å². The largest absolute Gasteiger partial charge is 0.354 e. The van der Waals surface area contributed by atoms with Gasteiger partial charge in [0, 0.05) is 42.2 Å². The predicted octanol–water partition coefficient (Wildman–Crippen LogP) is 2.54. The number of rotatable bonds is 8. The molecule has 3 heterocycles. The molecule has 1 atom stereocenters. The Kier molecular flexibility index (Phi) is 6.08. The fourth-order valence-corrected chi connectivity index (χ4v) is 3.44. The van der Waals surface area contributed by atoms with Crippen molar-refractivity contribution in [1.82, 2.24) is 25.3 Å². The highest BCUT2D eigenvalue weighted by molar-refractivity contribution is 7.10. The van der Waals surface area contributed by atoms with Crippen LogP contribution in [0, 0.1) is 0 Å². The van der Waals surface area contributed by atoms with E-state index >= 15 is 0 Å². The number of amides is 1. The molecule has 1 unspecified atom stereocenters. The molecule has 136 valence electrons. The van der Waals surface area contributed by atoms with E-state index < -0.39 is 0 Å². The van der Waals surface area contributed by atoms with E-state index in [-0.39, 0.29) is 11.9 Å². The van der Waals surface area contributed by atoms with E-state index in [1.807, 2.05) is 37.7 Å². The van der Waals surface area contributed by atoms with Crippen molar-refractivity contribution in [2.75, 3.05) is 20.6 Å². The smallest absolute Gasteiger partial charge is 0.227 e. The lowest BCUT2D eigenvalue weighted by Crippen LogP contribution is -2.34. The fraction of sp³-hybridized carbons (Fsp3) is 0.333. The number of likely N-dealkylation sites (N-methyl/N-ethyl adjacent to an activating group) is 1. The molecule has 26 heavy (non-hydrogen) atoms. The van der Waals surface area contributed by atoms with Gasteiger partial charge in [0.05, 0.1) is 6.04 Å². The monoisotopic (exact) mass is 371 g/mol. The number of nitrogens with one attached hydrogen (secondary N) is 1. The van der Waals surface area contributed by atoms with E-state index in [0.29, 0.717) is 31.1 Å². The maximum Gasteiger partial charge on any atom is 0.227 e. The number of pyridine rings is 1. The van der Waals surface area contributed by atoms with Gasteiger partial charge in [-0.2, -0.15) is 4.98 Å². The average Bonchev–Trinajstić information content (AvgIpc) is 3.33. The Bertz CT molecular complexity index is 817. The first kappa shape index (κ1) is 18.2. The van der Waals surface area contributed by atoms with Gasteiger partial charge in [-0.1, -0.05) is 11.2 Å². The third-order valence-corrected chi connectivity index (χ3v) is 4.93. The molecule has 8 heteroatoms. The van der Waals surface area contributed by atoms with Crippen LogP contribution in [0.1, 0.15) is 23.2 Å². The summed E-state index contributed by atoms with van der Waals surface area (Å²) in [5, 5.41) is 8.98.